The molecule has 0 saturated heterocycles. The van der Waals surface area contributed by atoms with Gasteiger partial charge < -0.3 is 0 Å². The molecule has 12 rings (SSSR count). The van der Waals surface area contributed by atoms with Gasteiger partial charge in [-0.1, -0.05) is 158 Å². The van der Waals surface area contributed by atoms with Crippen LogP contribution >= 0.6 is 0 Å². The summed E-state index contributed by atoms with van der Waals surface area (Å²) in [7, 11) is 0. The topological polar surface area (TPSA) is 23.8 Å². The maximum Gasteiger partial charge on any atom is 0.0997 e. The van der Waals surface area contributed by atoms with Crippen molar-refractivity contribution in [1.82, 2.24) is 0 Å². The van der Waals surface area contributed by atoms with Gasteiger partial charge in [-0.25, -0.2) is 0 Å². The second kappa shape index (κ2) is 12.7. The average molecular weight is 762 g/mol. The Balaban J connectivity index is 1.24. The predicted molar refractivity (Wildman–Crippen MR) is 257 cm³/mol. The fraction of sp³-hybridized carbons (Fsp3) is 0.0678. The van der Waals surface area contributed by atoms with Crippen LogP contribution in [0.4, 0.5) is 0 Å². The molecule has 0 heterocycles. The molecule has 280 valence electrons. The number of aryl methyl sites for hydroxylation is 4. The molecule has 0 amide bonds. The van der Waals surface area contributed by atoms with Gasteiger partial charge in [0.05, 0.1) is 11.6 Å². The number of hydrogen-bond acceptors (Lipinski definition) is 1. The average Bonchev–Trinajstić information content (AvgIpc) is 3.78. The zero-order valence-electron chi connectivity index (χ0n) is 34.0. The molecule has 12 aromatic carbocycles. The van der Waals surface area contributed by atoms with Gasteiger partial charge in [0.1, 0.15) is 0 Å². The van der Waals surface area contributed by atoms with Gasteiger partial charge in [0.25, 0.3) is 0 Å². The number of rotatable bonds is 4. The molecular weight excluding hydrogens is 723 g/mol. The zero-order valence-corrected chi connectivity index (χ0v) is 34.0. The first kappa shape index (κ1) is 34.5. The first-order valence-electron chi connectivity index (χ1n) is 20.9. The van der Waals surface area contributed by atoms with E-state index in [0.717, 1.165) is 22.3 Å². The van der Waals surface area contributed by atoms with Gasteiger partial charge in [-0.3, -0.25) is 0 Å². The van der Waals surface area contributed by atoms with Crippen LogP contribution in [0.2, 0.25) is 0 Å². The Labute approximate surface area is 349 Å². The lowest BCUT2D eigenvalue weighted by Crippen LogP contribution is -1.94. The molecule has 0 saturated carbocycles. The molecule has 0 radical (unpaired) electrons. The molecule has 1 nitrogen and oxygen atoms in total. The normalized spacial score (nSPS) is 12.0. The minimum atomic E-state index is 0.767. The maximum absolute atomic E-state index is 9.74. The third-order valence-electron chi connectivity index (χ3n) is 13.4. The number of nitrogens with zero attached hydrogens (tertiary/aromatic N) is 1. The number of benzene rings is 10. The Bertz CT molecular complexity index is 3740. The van der Waals surface area contributed by atoms with Crippen LogP contribution in [-0.2, 0) is 0 Å². The van der Waals surface area contributed by atoms with E-state index in [1.165, 1.54) is 125 Å². The van der Waals surface area contributed by atoms with Crippen LogP contribution < -0.4 is 0 Å². The number of fused-ring (bicyclic) bond motifs is 8. The van der Waals surface area contributed by atoms with E-state index < -0.39 is 0 Å². The summed E-state index contributed by atoms with van der Waals surface area (Å²) in [4.78, 5) is 0. The van der Waals surface area contributed by atoms with Crippen molar-refractivity contribution < 1.29 is 0 Å². The van der Waals surface area contributed by atoms with Gasteiger partial charge in [0.15, 0.2) is 0 Å². The molecule has 0 spiro atoms. The molecule has 60 heavy (non-hydrogen) atoms. The molecule has 0 atom stereocenters. The summed E-state index contributed by atoms with van der Waals surface area (Å²) in [5, 5.41) is 28.0. The Morgan fingerprint density at radius 3 is 1.40 bits per heavy atom. The summed E-state index contributed by atoms with van der Waals surface area (Å²) in [5.74, 6) is 0. The molecular formula is C59H39N. The molecule has 0 aliphatic carbocycles. The van der Waals surface area contributed by atoms with E-state index in [2.05, 4.69) is 184 Å². The van der Waals surface area contributed by atoms with Crippen molar-refractivity contribution in [1.29, 1.82) is 5.26 Å². The van der Waals surface area contributed by atoms with E-state index in [1.807, 2.05) is 13.8 Å². The highest BCUT2D eigenvalue weighted by Crippen LogP contribution is 2.55. The summed E-state index contributed by atoms with van der Waals surface area (Å²) in [6.45, 7) is 8.58. The lowest BCUT2D eigenvalue weighted by molar-refractivity contribution is 1.31. The quantitative estimate of drug-likeness (QED) is 0.164. The highest BCUT2D eigenvalue weighted by molar-refractivity contribution is 6.45. The summed E-state index contributed by atoms with van der Waals surface area (Å²) >= 11 is 0. The Morgan fingerprint density at radius 1 is 0.300 bits per heavy atom. The minimum Gasteiger partial charge on any atom is -0.192 e. The summed E-state index contributed by atoms with van der Waals surface area (Å²) < 4.78 is 0. The van der Waals surface area contributed by atoms with E-state index in [-0.39, 0.29) is 0 Å². The monoisotopic (exact) mass is 761 g/mol. The number of hydrogen-bond donors (Lipinski definition) is 0. The lowest BCUT2D eigenvalue weighted by atomic mass is 9.84. The first-order chi connectivity index (χ1) is 29.4. The SMILES string of the molecule is Cc1cc(-c2cc(C)c(-c3ccc4c5c(-c6ccccc6)c6cc7c8ccccc8c8cccc(c6c(-c6ccccc6)c5c5cccc3c45)c87)c(C)c2)cc(C)c1C#N. The van der Waals surface area contributed by atoms with Crippen molar-refractivity contribution in [2.75, 3.05) is 0 Å². The minimum absolute atomic E-state index is 0.767. The lowest BCUT2D eigenvalue weighted by Gasteiger charge is -2.19. The maximum atomic E-state index is 9.74. The van der Waals surface area contributed by atoms with Crippen molar-refractivity contribution in [3.8, 4) is 50.6 Å². The highest BCUT2D eigenvalue weighted by atomic mass is 14.3. The van der Waals surface area contributed by atoms with Crippen molar-refractivity contribution in [3.05, 3.63) is 192 Å². The van der Waals surface area contributed by atoms with Crippen LogP contribution in [0.1, 0.15) is 27.8 Å². The van der Waals surface area contributed by atoms with Crippen LogP contribution in [0.3, 0.4) is 0 Å². The third-order valence-corrected chi connectivity index (χ3v) is 13.4. The fourth-order valence-electron chi connectivity index (χ4n) is 11.1. The Kier molecular flexibility index (Phi) is 7.32. The molecule has 0 aromatic heterocycles. The Morgan fingerprint density at radius 2 is 0.767 bits per heavy atom. The van der Waals surface area contributed by atoms with Crippen LogP contribution in [0.5, 0.6) is 0 Å². The molecule has 0 unspecified atom stereocenters. The Hall–Kier alpha value is -7.53. The summed E-state index contributed by atoms with van der Waals surface area (Å²) in [6, 6.07) is 63.7. The van der Waals surface area contributed by atoms with Crippen LogP contribution in [0.15, 0.2) is 164 Å². The number of nitriles is 1. The van der Waals surface area contributed by atoms with Gasteiger partial charge in [-0.05, 0) is 176 Å². The van der Waals surface area contributed by atoms with Gasteiger partial charge in [-0.2, -0.15) is 5.26 Å². The van der Waals surface area contributed by atoms with Crippen LogP contribution in [-0.4, -0.2) is 0 Å². The third kappa shape index (κ3) is 4.68. The second-order valence-electron chi connectivity index (χ2n) is 16.8. The van der Waals surface area contributed by atoms with Crippen molar-refractivity contribution in [2.24, 2.45) is 0 Å². The summed E-state index contributed by atoms with van der Waals surface area (Å²) in [6.07, 6.45) is 0. The largest absolute Gasteiger partial charge is 0.192 e. The fourth-order valence-corrected chi connectivity index (χ4v) is 11.1. The molecule has 0 aliphatic rings. The van der Waals surface area contributed by atoms with Gasteiger partial charge in [-0.15, -0.1) is 0 Å². The van der Waals surface area contributed by atoms with Gasteiger partial charge in [0.2, 0.25) is 0 Å². The second-order valence-corrected chi connectivity index (χ2v) is 16.8. The van der Waals surface area contributed by atoms with E-state index in [4.69, 9.17) is 0 Å². The molecule has 0 fully saturated rings. The van der Waals surface area contributed by atoms with E-state index in [1.54, 1.807) is 0 Å². The molecule has 0 N–H and O–H groups in total. The van der Waals surface area contributed by atoms with E-state index in [0.29, 0.717) is 0 Å². The van der Waals surface area contributed by atoms with Gasteiger partial charge in [0, 0.05) is 0 Å². The van der Waals surface area contributed by atoms with Crippen molar-refractivity contribution in [3.63, 3.8) is 0 Å². The van der Waals surface area contributed by atoms with Crippen molar-refractivity contribution >= 4 is 75.4 Å². The van der Waals surface area contributed by atoms with E-state index in [9.17, 15) is 5.26 Å². The summed E-state index contributed by atoms with van der Waals surface area (Å²) in [5.41, 5.74) is 15.2. The van der Waals surface area contributed by atoms with Crippen LogP contribution in [0.25, 0.3) is 120 Å². The molecule has 12 aromatic rings. The predicted octanol–water partition coefficient (Wildman–Crippen LogP) is 16.4. The molecule has 1 heteroatoms. The highest BCUT2D eigenvalue weighted by Gasteiger charge is 2.27. The first-order valence-corrected chi connectivity index (χ1v) is 20.9. The van der Waals surface area contributed by atoms with E-state index >= 15 is 0 Å². The van der Waals surface area contributed by atoms with Crippen LogP contribution in [0, 0.1) is 39.0 Å². The molecule has 0 aliphatic heterocycles. The zero-order chi connectivity index (χ0) is 40.4. The smallest absolute Gasteiger partial charge is 0.0997 e. The van der Waals surface area contributed by atoms with Gasteiger partial charge >= 0.3 is 0 Å². The standard InChI is InChI=1S/C59H39N/c1-33-27-39(28-34(2)51(33)32-60)40-29-35(3)52(36(4)30-40)45-25-26-48-55-44(45)22-14-24-47(55)59-54(38-17-9-6-10-18-38)57-46-23-13-21-43-41-19-11-12-20-42(41)49(56(43)46)31-50(57)53(58(48)59)37-15-7-5-8-16-37/h5-31H,1-4H3. The van der Waals surface area contributed by atoms with Crippen molar-refractivity contribution in [2.45, 2.75) is 27.7 Å². The molecule has 0 bridgehead atoms.